The van der Waals surface area contributed by atoms with Crippen molar-refractivity contribution in [1.29, 1.82) is 0 Å². The van der Waals surface area contributed by atoms with Gasteiger partial charge in [0.05, 0.1) is 6.61 Å². The fourth-order valence-corrected chi connectivity index (χ4v) is 2.47. The second-order valence-electron chi connectivity index (χ2n) is 6.26. The predicted octanol–water partition coefficient (Wildman–Crippen LogP) is 5.34. The molecule has 2 aromatic rings. The van der Waals surface area contributed by atoms with Gasteiger partial charge >= 0.3 is 0 Å². The zero-order valence-corrected chi connectivity index (χ0v) is 14.1. The van der Waals surface area contributed by atoms with Gasteiger partial charge in [0, 0.05) is 17.8 Å². The Morgan fingerprint density at radius 3 is 2.32 bits per heavy atom. The second kappa shape index (κ2) is 7.88. The van der Waals surface area contributed by atoms with Crippen LogP contribution in [0.15, 0.2) is 42.5 Å². The standard InChI is InChI=1S/C20H27NO/c1-15(2)12-13-22-19-11-6-5-10-18(19)14-21-20-16(3)8-7-9-17(20)4/h5-11,15,21H,12-14H2,1-4H3. The number of para-hydroxylation sites is 2. The molecule has 2 heteroatoms. The van der Waals surface area contributed by atoms with Crippen molar-refractivity contribution in [2.24, 2.45) is 5.92 Å². The van der Waals surface area contributed by atoms with Crippen LogP contribution in [-0.4, -0.2) is 6.61 Å². The molecule has 0 bridgehead atoms. The normalized spacial score (nSPS) is 10.8. The molecule has 118 valence electrons. The smallest absolute Gasteiger partial charge is 0.124 e. The van der Waals surface area contributed by atoms with Crippen LogP contribution in [0.25, 0.3) is 0 Å². The molecule has 0 atom stereocenters. The van der Waals surface area contributed by atoms with E-state index in [1.807, 2.05) is 6.07 Å². The van der Waals surface area contributed by atoms with Crippen LogP contribution >= 0.6 is 0 Å². The van der Waals surface area contributed by atoms with E-state index in [9.17, 15) is 0 Å². The third kappa shape index (κ3) is 4.52. The van der Waals surface area contributed by atoms with Gasteiger partial charge in [-0.3, -0.25) is 0 Å². The lowest BCUT2D eigenvalue weighted by Crippen LogP contribution is -2.07. The monoisotopic (exact) mass is 297 g/mol. The number of anilines is 1. The summed E-state index contributed by atoms with van der Waals surface area (Å²) in [6.07, 6.45) is 1.08. The first-order valence-electron chi connectivity index (χ1n) is 8.08. The van der Waals surface area contributed by atoms with Crippen LogP contribution in [0.3, 0.4) is 0 Å². The Morgan fingerprint density at radius 2 is 1.64 bits per heavy atom. The maximum absolute atomic E-state index is 5.96. The second-order valence-corrected chi connectivity index (χ2v) is 6.26. The van der Waals surface area contributed by atoms with Crippen LogP contribution in [0.4, 0.5) is 5.69 Å². The van der Waals surface area contributed by atoms with E-state index in [4.69, 9.17) is 4.74 Å². The Balaban J connectivity index is 2.03. The van der Waals surface area contributed by atoms with Gasteiger partial charge in [-0.25, -0.2) is 0 Å². The summed E-state index contributed by atoms with van der Waals surface area (Å²) in [4.78, 5) is 0. The summed E-state index contributed by atoms with van der Waals surface area (Å²) in [5, 5.41) is 3.56. The minimum absolute atomic E-state index is 0.667. The van der Waals surface area contributed by atoms with Gasteiger partial charge in [-0.1, -0.05) is 50.2 Å². The zero-order valence-electron chi connectivity index (χ0n) is 14.1. The number of benzene rings is 2. The van der Waals surface area contributed by atoms with Crippen LogP contribution in [-0.2, 0) is 6.54 Å². The molecule has 0 aliphatic heterocycles. The SMILES string of the molecule is Cc1cccc(C)c1NCc1ccccc1OCCC(C)C. The van der Waals surface area contributed by atoms with Crippen LogP contribution < -0.4 is 10.1 Å². The van der Waals surface area contributed by atoms with Crippen molar-refractivity contribution in [3.05, 3.63) is 59.2 Å². The molecule has 0 radical (unpaired) electrons. The highest BCUT2D eigenvalue weighted by Crippen LogP contribution is 2.23. The van der Waals surface area contributed by atoms with E-state index in [1.165, 1.54) is 22.4 Å². The molecule has 2 nitrogen and oxygen atoms in total. The fourth-order valence-electron chi connectivity index (χ4n) is 2.47. The molecule has 0 spiro atoms. The average Bonchev–Trinajstić information content (AvgIpc) is 2.48. The molecule has 1 N–H and O–H groups in total. The van der Waals surface area contributed by atoms with Gasteiger partial charge in [-0.05, 0) is 43.4 Å². The van der Waals surface area contributed by atoms with E-state index in [-0.39, 0.29) is 0 Å². The maximum atomic E-state index is 5.96. The molecule has 22 heavy (non-hydrogen) atoms. The van der Waals surface area contributed by atoms with Crippen molar-refractivity contribution >= 4 is 5.69 Å². The van der Waals surface area contributed by atoms with E-state index in [0.29, 0.717) is 5.92 Å². The van der Waals surface area contributed by atoms with Crippen molar-refractivity contribution in [3.63, 3.8) is 0 Å². The molecule has 0 aliphatic carbocycles. The lowest BCUT2D eigenvalue weighted by Gasteiger charge is -2.16. The minimum Gasteiger partial charge on any atom is -0.493 e. The summed E-state index contributed by atoms with van der Waals surface area (Å²) >= 11 is 0. The molecular formula is C20H27NO. The summed E-state index contributed by atoms with van der Waals surface area (Å²) < 4.78 is 5.96. The minimum atomic E-state index is 0.667. The zero-order chi connectivity index (χ0) is 15.9. The first-order valence-corrected chi connectivity index (χ1v) is 8.08. The van der Waals surface area contributed by atoms with Crippen LogP contribution in [0, 0.1) is 19.8 Å². The molecule has 2 rings (SSSR count). The highest BCUT2D eigenvalue weighted by molar-refractivity contribution is 5.57. The molecular weight excluding hydrogens is 270 g/mol. The third-order valence-electron chi connectivity index (χ3n) is 3.86. The molecule has 0 amide bonds. The Morgan fingerprint density at radius 1 is 0.955 bits per heavy atom. The lowest BCUT2D eigenvalue weighted by atomic mass is 10.1. The number of ether oxygens (including phenoxy) is 1. The fraction of sp³-hybridized carbons (Fsp3) is 0.400. The Kier molecular flexibility index (Phi) is 5.88. The van der Waals surface area contributed by atoms with Gasteiger partial charge in [-0.2, -0.15) is 0 Å². The summed E-state index contributed by atoms with van der Waals surface area (Å²) in [6.45, 7) is 10.3. The number of hydrogen-bond donors (Lipinski definition) is 1. The van der Waals surface area contributed by atoms with Crippen molar-refractivity contribution in [1.82, 2.24) is 0 Å². The Labute approximate surface area is 134 Å². The van der Waals surface area contributed by atoms with E-state index < -0.39 is 0 Å². The topological polar surface area (TPSA) is 21.3 Å². The quantitative estimate of drug-likeness (QED) is 0.744. The van der Waals surface area contributed by atoms with Gasteiger partial charge in [0.2, 0.25) is 0 Å². The molecule has 0 saturated heterocycles. The van der Waals surface area contributed by atoms with Crippen molar-refractivity contribution in [2.75, 3.05) is 11.9 Å². The first-order chi connectivity index (χ1) is 10.6. The highest BCUT2D eigenvalue weighted by Gasteiger charge is 2.06. The average molecular weight is 297 g/mol. The maximum Gasteiger partial charge on any atom is 0.124 e. The number of nitrogens with one attached hydrogen (secondary N) is 1. The van der Waals surface area contributed by atoms with E-state index in [0.717, 1.165) is 25.3 Å². The van der Waals surface area contributed by atoms with Crippen LogP contribution in [0.2, 0.25) is 0 Å². The first kappa shape index (κ1) is 16.4. The van der Waals surface area contributed by atoms with Crippen molar-refractivity contribution in [2.45, 2.75) is 40.7 Å². The molecule has 0 aliphatic rings. The molecule has 0 fully saturated rings. The largest absolute Gasteiger partial charge is 0.493 e. The van der Waals surface area contributed by atoms with Crippen molar-refractivity contribution < 1.29 is 4.74 Å². The molecule has 2 aromatic carbocycles. The van der Waals surface area contributed by atoms with E-state index >= 15 is 0 Å². The van der Waals surface area contributed by atoms with Gasteiger partial charge < -0.3 is 10.1 Å². The summed E-state index contributed by atoms with van der Waals surface area (Å²) in [5.41, 5.74) is 4.98. The highest BCUT2D eigenvalue weighted by atomic mass is 16.5. The Bertz CT molecular complexity index is 584. The van der Waals surface area contributed by atoms with Gasteiger partial charge in [0.1, 0.15) is 5.75 Å². The third-order valence-corrected chi connectivity index (χ3v) is 3.86. The Hall–Kier alpha value is -1.96. The van der Waals surface area contributed by atoms with Crippen LogP contribution in [0.1, 0.15) is 37.0 Å². The predicted molar refractivity (Wildman–Crippen MR) is 94.6 cm³/mol. The van der Waals surface area contributed by atoms with Gasteiger partial charge in [0.15, 0.2) is 0 Å². The molecule has 0 saturated carbocycles. The van der Waals surface area contributed by atoms with Gasteiger partial charge in [0.25, 0.3) is 0 Å². The van der Waals surface area contributed by atoms with Crippen LogP contribution in [0.5, 0.6) is 5.75 Å². The van der Waals surface area contributed by atoms with E-state index in [2.05, 4.69) is 69.4 Å². The molecule has 0 unspecified atom stereocenters. The number of rotatable bonds is 7. The van der Waals surface area contributed by atoms with Gasteiger partial charge in [-0.15, -0.1) is 0 Å². The summed E-state index contributed by atoms with van der Waals surface area (Å²) in [7, 11) is 0. The van der Waals surface area contributed by atoms with Crippen molar-refractivity contribution in [3.8, 4) is 5.75 Å². The molecule has 0 heterocycles. The summed E-state index contributed by atoms with van der Waals surface area (Å²) in [6, 6.07) is 14.7. The number of aryl methyl sites for hydroxylation is 2. The summed E-state index contributed by atoms with van der Waals surface area (Å²) in [5.74, 6) is 1.65. The lowest BCUT2D eigenvalue weighted by molar-refractivity contribution is 0.287. The molecule has 0 aromatic heterocycles. The number of hydrogen-bond acceptors (Lipinski definition) is 2. The van der Waals surface area contributed by atoms with E-state index in [1.54, 1.807) is 0 Å².